The second-order valence-corrected chi connectivity index (χ2v) is 4.94. The van der Waals surface area contributed by atoms with Gasteiger partial charge in [0.1, 0.15) is 0 Å². The summed E-state index contributed by atoms with van der Waals surface area (Å²) in [5.41, 5.74) is 9.51. The highest BCUT2D eigenvalue weighted by atomic mass is 16.5. The van der Waals surface area contributed by atoms with Gasteiger partial charge in [0, 0.05) is 19.2 Å². The Labute approximate surface area is 109 Å². The van der Waals surface area contributed by atoms with Crippen LogP contribution in [0.2, 0.25) is 0 Å². The van der Waals surface area contributed by atoms with E-state index in [2.05, 4.69) is 43.3 Å². The smallest absolute Gasteiger partial charge is 0.1000 e. The highest BCUT2D eigenvalue weighted by Crippen LogP contribution is 2.28. The van der Waals surface area contributed by atoms with Crippen molar-refractivity contribution in [3.63, 3.8) is 0 Å². The molecule has 18 heavy (non-hydrogen) atoms. The van der Waals surface area contributed by atoms with Gasteiger partial charge in [0.2, 0.25) is 0 Å². The highest BCUT2D eigenvalue weighted by molar-refractivity contribution is 5.28. The average Bonchev–Trinajstić information content (AvgIpc) is 2.42. The van der Waals surface area contributed by atoms with Crippen molar-refractivity contribution in [1.29, 1.82) is 0 Å². The second-order valence-electron chi connectivity index (χ2n) is 4.94. The SMILES string of the molecule is COC1CC(CC(C)c2ccccc2)=CC=C1N. The molecule has 2 N–H and O–H groups in total. The first kappa shape index (κ1) is 12.9. The number of ether oxygens (including phenoxy) is 1. The first-order valence-corrected chi connectivity index (χ1v) is 6.43. The lowest BCUT2D eigenvalue weighted by atomic mass is 9.88. The summed E-state index contributed by atoms with van der Waals surface area (Å²) in [5, 5.41) is 0. The normalized spacial score (nSPS) is 21.1. The standard InChI is InChI=1S/C16H21NO/c1-12(14-6-4-3-5-7-14)10-13-8-9-15(17)16(11-13)18-2/h3-9,12,16H,10-11,17H2,1-2H3. The molecule has 2 nitrogen and oxygen atoms in total. The van der Waals surface area contributed by atoms with Gasteiger partial charge in [-0.2, -0.15) is 0 Å². The summed E-state index contributed by atoms with van der Waals surface area (Å²) in [6.45, 7) is 2.26. The Morgan fingerprint density at radius 2 is 2.00 bits per heavy atom. The van der Waals surface area contributed by atoms with Gasteiger partial charge in [-0.05, 0) is 24.0 Å². The molecule has 96 valence electrons. The molecular formula is C16H21NO. The van der Waals surface area contributed by atoms with Crippen LogP contribution in [0.4, 0.5) is 0 Å². The molecule has 0 aromatic heterocycles. The van der Waals surface area contributed by atoms with E-state index in [0.29, 0.717) is 5.92 Å². The van der Waals surface area contributed by atoms with Gasteiger partial charge in [-0.15, -0.1) is 0 Å². The van der Waals surface area contributed by atoms with Gasteiger partial charge in [-0.25, -0.2) is 0 Å². The van der Waals surface area contributed by atoms with Crippen molar-refractivity contribution in [3.8, 4) is 0 Å². The van der Waals surface area contributed by atoms with Crippen LogP contribution in [0.15, 0.2) is 53.8 Å². The van der Waals surface area contributed by atoms with Crippen LogP contribution >= 0.6 is 0 Å². The number of benzene rings is 1. The zero-order valence-electron chi connectivity index (χ0n) is 11.1. The summed E-state index contributed by atoms with van der Waals surface area (Å²) in [4.78, 5) is 0. The molecular weight excluding hydrogens is 222 g/mol. The molecule has 2 unspecified atom stereocenters. The maximum atomic E-state index is 5.89. The molecule has 0 saturated heterocycles. The van der Waals surface area contributed by atoms with Crippen LogP contribution in [-0.4, -0.2) is 13.2 Å². The lowest BCUT2D eigenvalue weighted by Crippen LogP contribution is -2.23. The van der Waals surface area contributed by atoms with Crippen LogP contribution < -0.4 is 5.73 Å². The molecule has 0 spiro atoms. The van der Waals surface area contributed by atoms with Crippen LogP contribution in [-0.2, 0) is 4.74 Å². The van der Waals surface area contributed by atoms with Gasteiger partial charge in [0.15, 0.2) is 0 Å². The van der Waals surface area contributed by atoms with E-state index in [4.69, 9.17) is 10.5 Å². The molecule has 0 amide bonds. The number of rotatable bonds is 4. The molecule has 1 aliphatic rings. The largest absolute Gasteiger partial charge is 0.400 e. The maximum absolute atomic E-state index is 5.89. The molecule has 2 heteroatoms. The van der Waals surface area contributed by atoms with Crippen LogP contribution in [0, 0.1) is 0 Å². The first-order valence-electron chi connectivity index (χ1n) is 6.43. The van der Waals surface area contributed by atoms with Gasteiger partial charge in [-0.3, -0.25) is 0 Å². The summed E-state index contributed by atoms with van der Waals surface area (Å²) in [7, 11) is 1.72. The quantitative estimate of drug-likeness (QED) is 0.880. The van der Waals surface area contributed by atoms with Crippen LogP contribution in [0.5, 0.6) is 0 Å². The van der Waals surface area contributed by atoms with E-state index in [9.17, 15) is 0 Å². The molecule has 0 saturated carbocycles. The molecule has 0 heterocycles. The Bertz CT molecular complexity index is 447. The summed E-state index contributed by atoms with van der Waals surface area (Å²) in [6.07, 6.45) is 6.14. The number of hydrogen-bond acceptors (Lipinski definition) is 2. The number of allylic oxidation sites excluding steroid dienone is 2. The van der Waals surface area contributed by atoms with Crippen molar-refractivity contribution < 1.29 is 4.74 Å². The topological polar surface area (TPSA) is 35.2 Å². The molecule has 0 bridgehead atoms. The summed E-state index contributed by atoms with van der Waals surface area (Å²) in [5.74, 6) is 0.530. The molecule has 0 radical (unpaired) electrons. The summed E-state index contributed by atoms with van der Waals surface area (Å²) in [6, 6.07) is 10.6. The second kappa shape index (κ2) is 5.87. The minimum atomic E-state index is 0.0490. The highest BCUT2D eigenvalue weighted by Gasteiger charge is 2.18. The number of nitrogens with two attached hydrogens (primary N) is 1. The van der Waals surface area contributed by atoms with E-state index >= 15 is 0 Å². The Morgan fingerprint density at radius 1 is 1.28 bits per heavy atom. The Morgan fingerprint density at radius 3 is 2.67 bits per heavy atom. The van der Waals surface area contributed by atoms with Gasteiger partial charge in [0.25, 0.3) is 0 Å². The lowest BCUT2D eigenvalue weighted by molar-refractivity contribution is 0.128. The van der Waals surface area contributed by atoms with E-state index < -0.39 is 0 Å². The molecule has 2 rings (SSSR count). The predicted molar refractivity (Wildman–Crippen MR) is 75.2 cm³/mol. The first-order chi connectivity index (χ1) is 8.70. The molecule has 0 fully saturated rings. The van der Waals surface area contributed by atoms with Crippen molar-refractivity contribution in [2.45, 2.75) is 31.8 Å². The van der Waals surface area contributed by atoms with Crippen LogP contribution in [0.1, 0.15) is 31.2 Å². The predicted octanol–water partition coefficient (Wildman–Crippen LogP) is 3.37. The third-order valence-corrected chi connectivity index (χ3v) is 3.55. The van der Waals surface area contributed by atoms with Crippen molar-refractivity contribution in [3.05, 3.63) is 59.3 Å². The third-order valence-electron chi connectivity index (χ3n) is 3.55. The number of hydrogen-bond donors (Lipinski definition) is 1. The Balaban J connectivity index is 2.03. The van der Waals surface area contributed by atoms with Gasteiger partial charge < -0.3 is 10.5 Å². The van der Waals surface area contributed by atoms with Crippen molar-refractivity contribution >= 4 is 0 Å². The van der Waals surface area contributed by atoms with Gasteiger partial charge >= 0.3 is 0 Å². The average molecular weight is 243 g/mol. The zero-order valence-corrected chi connectivity index (χ0v) is 11.1. The fourth-order valence-corrected chi connectivity index (χ4v) is 2.41. The van der Waals surface area contributed by atoms with Crippen molar-refractivity contribution in [1.82, 2.24) is 0 Å². The minimum absolute atomic E-state index is 0.0490. The van der Waals surface area contributed by atoms with Gasteiger partial charge in [0.05, 0.1) is 6.10 Å². The summed E-state index contributed by atoms with van der Waals surface area (Å²) < 4.78 is 5.39. The fourth-order valence-electron chi connectivity index (χ4n) is 2.41. The van der Waals surface area contributed by atoms with Gasteiger partial charge in [-0.1, -0.05) is 48.9 Å². The van der Waals surface area contributed by atoms with Crippen LogP contribution in [0.3, 0.4) is 0 Å². The molecule has 2 atom stereocenters. The fraction of sp³-hybridized carbons (Fsp3) is 0.375. The molecule has 0 aliphatic heterocycles. The molecule has 1 aliphatic carbocycles. The Hall–Kier alpha value is -1.54. The molecule has 1 aromatic rings. The zero-order chi connectivity index (χ0) is 13.0. The van der Waals surface area contributed by atoms with E-state index in [1.54, 1.807) is 7.11 Å². The lowest BCUT2D eigenvalue weighted by Gasteiger charge is -2.23. The third kappa shape index (κ3) is 3.02. The van der Waals surface area contributed by atoms with E-state index in [-0.39, 0.29) is 6.10 Å². The van der Waals surface area contributed by atoms with E-state index in [0.717, 1.165) is 18.5 Å². The molecule has 1 aromatic carbocycles. The monoisotopic (exact) mass is 243 g/mol. The maximum Gasteiger partial charge on any atom is 0.1000 e. The number of methoxy groups -OCH3 is 1. The van der Waals surface area contributed by atoms with E-state index in [1.807, 2.05) is 6.08 Å². The van der Waals surface area contributed by atoms with Crippen molar-refractivity contribution in [2.75, 3.05) is 7.11 Å². The Kier molecular flexibility index (Phi) is 4.21. The summed E-state index contributed by atoms with van der Waals surface area (Å²) >= 11 is 0. The van der Waals surface area contributed by atoms with E-state index in [1.165, 1.54) is 11.1 Å². The van der Waals surface area contributed by atoms with Crippen molar-refractivity contribution in [2.24, 2.45) is 5.73 Å². The van der Waals surface area contributed by atoms with Crippen LogP contribution in [0.25, 0.3) is 0 Å². The minimum Gasteiger partial charge on any atom is -0.400 e.